The van der Waals surface area contributed by atoms with Crippen LogP contribution in [-0.4, -0.2) is 14.2 Å². The van der Waals surface area contributed by atoms with Gasteiger partial charge in [-0.1, -0.05) is 6.07 Å². The molecule has 0 saturated carbocycles. The Kier molecular flexibility index (Phi) is 2.73. The summed E-state index contributed by atoms with van der Waals surface area (Å²) in [6.45, 7) is 0.399. The number of benzene rings is 2. The van der Waals surface area contributed by atoms with Gasteiger partial charge >= 0.3 is 0 Å². The minimum Gasteiger partial charge on any atom is -0.497 e. The van der Waals surface area contributed by atoms with E-state index in [-0.39, 0.29) is 5.43 Å². The van der Waals surface area contributed by atoms with Crippen molar-refractivity contribution in [3.05, 3.63) is 52.2 Å². The first-order chi connectivity index (χ1) is 10.7. The first kappa shape index (κ1) is 13.0. The van der Waals surface area contributed by atoms with E-state index in [0.29, 0.717) is 18.1 Å². The van der Waals surface area contributed by atoms with Gasteiger partial charge in [0, 0.05) is 22.3 Å². The molecule has 22 heavy (non-hydrogen) atoms. The molecule has 0 amide bonds. The van der Waals surface area contributed by atoms with Crippen LogP contribution in [-0.2, 0) is 6.61 Å². The van der Waals surface area contributed by atoms with Crippen LogP contribution in [0.5, 0.6) is 17.2 Å². The summed E-state index contributed by atoms with van der Waals surface area (Å²) in [6, 6.07) is 11.2. The number of ether oxygens (including phenoxy) is 3. The molecule has 4 rings (SSSR count). The zero-order valence-corrected chi connectivity index (χ0v) is 12.3. The molecule has 0 aromatic heterocycles. The Bertz CT molecular complexity index is 885. The van der Waals surface area contributed by atoms with Crippen molar-refractivity contribution in [1.29, 1.82) is 0 Å². The standard InChI is InChI=1S/C18H14O4/c1-20-11-3-5-13-10(7-11)9-22-15-6-4-12(21-2)8-14(15)17-16(13)18(17)19/h3-8H,9H2,1-2H3. The Morgan fingerprint density at radius 2 is 1.59 bits per heavy atom. The van der Waals surface area contributed by atoms with Crippen LogP contribution in [0, 0.1) is 0 Å². The Morgan fingerprint density at radius 3 is 2.36 bits per heavy atom. The number of fused-ring (bicyclic) bond motifs is 5. The van der Waals surface area contributed by atoms with Crippen LogP contribution in [0.2, 0.25) is 0 Å². The molecular weight excluding hydrogens is 280 g/mol. The molecule has 110 valence electrons. The topological polar surface area (TPSA) is 44.8 Å². The average molecular weight is 294 g/mol. The molecule has 0 spiro atoms. The SMILES string of the molecule is COc1ccc2c(c1)COc1ccc(OC)cc1-c1c-2c1=O. The maximum absolute atomic E-state index is 12.3. The van der Waals surface area contributed by atoms with Crippen molar-refractivity contribution >= 4 is 0 Å². The number of rotatable bonds is 2. The molecular formula is C18H14O4. The van der Waals surface area contributed by atoms with Crippen LogP contribution < -0.4 is 19.6 Å². The van der Waals surface area contributed by atoms with Crippen LogP contribution in [0.3, 0.4) is 0 Å². The zero-order chi connectivity index (χ0) is 15.3. The quantitative estimate of drug-likeness (QED) is 0.728. The summed E-state index contributed by atoms with van der Waals surface area (Å²) in [6.07, 6.45) is 0. The van der Waals surface area contributed by atoms with Gasteiger partial charge in [0.15, 0.2) is 5.43 Å². The summed E-state index contributed by atoms with van der Waals surface area (Å²) in [5, 5.41) is 0. The van der Waals surface area contributed by atoms with Gasteiger partial charge in [-0.3, -0.25) is 4.79 Å². The fourth-order valence-electron chi connectivity index (χ4n) is 2.86. The Balaban J connectivity index is 1.90. The fourth-order valence-corrected chi connectivity index (χ4v) is 2.86. The molecule has 3 aromatic rings. The lowest BCUT2D eigenvalue weighted by molar-refractivity contribution is 0.306. The van der Waals surface area contributed by atoms with Gasteiger partial charge in [-0.05, 0) is 35.9 Å². The summed E-state index contributed by atoms with van der Waals surface area (Å²) in [5.74, 6) is 2.17. The van der Waals surface area contributed by atoms with Gasteiger partial charge in [-0.15, -0.1) is 0 Å². The molecule has 1 aliphatic heterocycles. The van der Waals surface area contributed by atoms with Gasteiger partial charge in [0.25, 0.3) is 0 Å². The molecule has 0 fully saturated rings. The second-order valence-electron chi connectivity index (χ2n) is 5.25. The largest absolute Gasteiger partial charge is 0.497 e. The van der Waals surface area contributed by atoms with Crippen molar-refractivity contribution in [1.82, 2.24) is 0 Å². The monoisotopic (exact) mass is 294 g/mol. The highest BCUT2D eigenvalue weighted by Crippen LogP contribution is 2.44. The summed E-state index contributed by atoms with van der Waals surface area (Å²) >= 11 is 0. The predicted octanol–water partition coefficient (Wildman–Crippen LogP) is 3.17. The van der Waals surface area contributed by atoms with Crippen molar-refractivity contribution in [3.63, 3.8) is 0 Å². The highest BCUT2D eigenvalue weighted by Gasteiger charge is 2.31. The Hall–Kier alpha value is -2.75. The molecule has 0 unspecified atom stereocenters. The second kappa shape index (κ2) is 4.63. The highest BCUT2D eigenvalue weighted by atomic mass is 16.5. The van der Waals surface area contributed by atoms with E-state index in [1.165, 1.54) is 0 Å². The highest BCUT2D eigenvalue weighted by molar-refractivity contribution is 5.97. The van der Waals surface area contributed by atoms with E-state index in [1.54, 1.807) is 14.2 Å². The van der Waals surface area contributed by atoms with E-state index in [9.17, 15) is 4.79 Å². The third-order valence-electron chi connectivity index (χ3n) is 4.06. The summed E-state index contributed by atoms with van der Waals surface area (Å²) in [4.78, 5) is 12.3. The molecule has 3 aromatic carbocycles. The van der Waals surface area contributed by atoms with Gasteiger partial charge in [0.1, 0.15) is 23.9 Å². The lowest BCUT2D eigenvalue weighted by atomic mass is 10.0. The van der Waals surface area contributed by atoms with Crippen molar-refractivity contribution in [2.24, 2.45) is 0 Å². The number of hydrogen-bond donors (Lipinski definition) is 0. The molecule has 0 atom stereocenters. The molecule has 0 saturated heterocycles. The van der Waals surface area contributed by atoms with E-state index < -0.39 is 0 Å². The lowest BCUT2D eigenvalue weighted by Gasteiger charge is -2.15. The van der Waals surface area contributed by atoms with E-state index in [0.717, 1.165) is 33.6 Å². The van der Waals surface area contributed by atoms with Gasteiger partial charge in [-0.25, -0.2) is 0 Å². The molecule has 4 heteroatoms. The van der Waals surface area contributed by atoms with Crippen molar-refractivity contribution in [2.45, 2.75) is 6.61 Å². The van der Waals surface area contributed by atoms with Crippen LogP contribution in [0.1, 0.15) is 5.56 Å². The van der Waals surface area contributed by atoms with Gasteiger partial charge in [0.05, 0.1) is 14.2 Å². The number of methoxy groups -OCH3 is 2. The van der Waals surface area contributed by atoms with E-state index >= 15 is 0 Å². The summed E-state index contributed by atoms with van der Waals surface area (Å²) in [7, 11) is 3.23. The minimum atomic E-state index is 0.0754. The third-order valence-corrected chi connectivity index (χ3v) is 4.06. The predicted molar refractivity (Wildman–Crippen MR) is 83.4 cm³/mol. The molecule has 0 aliphatic carbocycles. The second-order valence-corrected chi connectivity index (χ2v) is 5.25. The van der Waals surface area contributed by atoms with Gasteiger partial charge in [0.2, 0.25) is 0 Å². The fraction of sp³-hybridized carbons (Fsp3) is 0.167. The van der Waals surface area contributed by atoms with Crippen LogP contribution in [0.15, 0.2) is 41.2 Å². The Labute approximate surface area is 127 Å². The lowest BCUT2D eigenvalue weighted by Crippen LogP contribution is -2.01. The molecule has 0 N–H and O–H groups in total. The average Bonchev–Trinajstić information content (AvgIpc) is 3.20. The van der Waals surface area contributed by atoms with Crippen molar-refractivity contribution in [3.8, 4) is 39.5 Å². The van der Waals surface area contributed by atoms with Crippen molar-refractivity contribution in [2.75, 3.05) is 14.2 Å². The summed E-state index contributed by atoms with van der Waals surface area (Å²) in [5.41, 5.74) is 4.26. The van der Waals surface area contributed by atoms with E-state index in [4.69, 9.17) is 14.2 Å². The van der Waals surface area contributed by atoms with Gasteiger partial charge in [-0.2, -0.15) is 0 Å². The number of hydrogen-bond acceptors (Lipinski definition) is 4. The third kappa shape index (κ3) is 1.80. The van der Waals surface area contributed by atoms with E-state index in [1.807, 2.05) is 36.4 Å². The molecule has 0 bridgehead atoms. The normalized spacial score (nSPS) is 12.5. The van der Waals surface area contributed by atoms with Crippen LogP contribution in [0.25, 0.3) is 22.3 Å². The van der Waals surface area contributed by atoms with Crippen LogP contribution >= 0.6 is 0 Å². The Morgan fingerprint density at radius 1 is 0.909 bits per heavy atom. The van der Waals surface area contributed by atoms with Crippen molar-refractivity contribution < 1.29 is 14.2 Å². The zero-order valence-electron chi connectivity index (χ0n) is 12.3. The maximum Gasteiger partial charge on any atom is 0.195 e. The first-order valence-electron chi connectivity index (χ1n) is 7.00. The first-order valence-corrected chi connectivity index (χ1v) is 7.00. The summed E-state index contributed by atoms with van der Waals surface area (Å²) < 4.78 is 16.4. The van der Waals surface area contributed by atoms with Gasteiger partial charge < -0.3 is 14.2 Å². The smallest absolute Gasteiger partial charge is 0.195 e. The maximum atomic E-state index is 12.3. The molecule has 0 radical (unpaired) electrons. The minimum absolute atomic E-state index is 0.0754. The molecule has 4 nitrogen and oxygen atoms in total. The molecule has 1 heterocycles. The van der Waals surface area contributed by atoms with Crippen LogP contribution in [0.4, 0.5) is 0 Å². The molecule has 1 aliphatic rings. The van der Waals surface area contributed by atoms with E-state index in [2.05, 4.69) is 0 Å².